The fourth-order valence-corrected chi connectivity index (χ4v) is 2.02. The van der Waals surface area contributed by atoms with Crippen molar-refractivity contribution in [3.63, 3.8) is 0 Å². The zero-order valence-electron chi connectivity index (χ0n) is 8.64. The fourth-order valence-electron chi connectivity index (χ4n) is 1.41. The van der Waals surface area contributed by atoms with Crippen molar-refractivity contribution in [3.8, 4) is 12.3 Å². The summed E-state index contributed by atoms with van der Waals surface area (Å²) in [6.07, 6.45) is 7.17. The Morgan fingerprint density at radius 1 is 1.44 bits per heavy atom. The first-order chi connectivity index (χ1) is 7.57. The second kappa shape index (κ2) is 5.97. The summed E-state index contributed by atoms with van der Waals surface area (Å²) in [6, 6.07) is 2.23. The summed E-state index contributed by atoms with van der Waals surface area (Å²) in [5.74, 6) is 0.727. The van der Waals surface area contributed by atoms with Crippen molar-refractivity contribution < 1.29 is 8.78 Å². The third-order valence-corrected chi connectivity index (χ3v) is 3.11. The van der Waals surface area contributed by atoms with E-state index in [-0.39, 0.29) is 10.5 Å². The van der Waals surface area contributed by atoms with Crippen molar-refractivity contribution in [3.05, 3.63) is 33.8 Å². The van der Waals surface area contributed by atoms with Crippen LogP contribution in [-0.4, -0.2) is 0 Å². The van der Waals surface area contributed by atoms with Crippen molar-refractivity contribution in [1.82, 2.24) is 0 Å². The van der Waals surface area contributed by atoms with Gasteiger partial charge in [0.1, 0.15) is 0 Å². The third-order valence-electron chi connectivity index (χ3n) is 2.30. The maximum atomic E-state index is 13.2. The van der Waals surface area contributed by atoms with Crippen LogP contribution >= 0.6 is 15.9 Å². The van der Waals surface area contributed by atoms with Crippen LogP contribution in [0, 0.1) is 24.0 Å². The lowest BCUT2D eigenvalue weighted by Gasteiger charge is -2.13. The zero-order valence-corrected chi connectivity index (χ0v) is 10.2. The molecule has 0 spiro atoms. The van der Waals surface area contributed by atoms with Gasteiger partial charge < -0.3 is 5.73 Å². The van der Waals surface area contributed by atoms with Crippen molar-refractivity contribution in [1.29, 1.82) is 0 Å². The van der Waals surface area contributed by atoms with E-state index in [4.69, 9.17) is 12.2 Å². The average Bonchev–Trinajstić information content (AvgIpc) is 2.26. The van der Waals surface area contributed by atoms with E-state index in [1.807, 2.05) is 0 Å². The molecular formula is C12H12BrF2N. The molecule has 0 saturated heterocycles. The molecule has 0 heterocycles. The lowest BCUT2D eigenvalue weighted by atomic mass is 10.0. The number of nitrogens with two attached hydrogens (primary N) is 1. The van der Waals surface area contributed by atoms with Crippen LogP contribution < -0.4 is 5.73 Å². The number of halogens is 3. The van der Waals surface area contributed by atoms with Gasteiger partial charge in [-0.2, -0.15) is 0 Å². The number of terminal acetylenes is 1. The Morgan fingerprint density at radius 2 is 2.12 bits per heavy atom. The van der Waals surface area contributed by atoms with E-state index < -0.39 is 11.6 Å². The molecule has 1 aromatic carbocycles. The van der Waals surface area contributed by atoms with Crippen LogP contribution in [0.4, 0.5) is 8.78 Å². The maximum Gasteiger partial charge on any atom is 0.173 e. The SMILES string of the molecule is C#CCCCC(N)c1ccc(F)c(F)c1Br. The summed E-state index contributed by atoms with van der Waals surface area (Å²) in [6.45, 7) is 0. The summed E-state index contributed by atoms with van der Waals surface area (Å²) in [7, 11) is 0. The molecule has 0 radical (unpaired) electrons. The third kappa shape index (κ3) is 3.03. The van der Waals surface area contributed by atoms with Gasteiger partial charge in [0.15, 0.2) is 11.6 Å². The first-order valence-corrected chi connectivity index (χ1v) is 5.69. The van der Waals surface area contributed by atoms with Crippen LogP contribution in [0.25, 0.3) is 0 Å². The molecule has 1 rings (SSSR count). The molecule has 0 aliphatic carbocycles. The molecule has 0 aromatic heterocycles. The molecule has 1 nitrogen and oxygen atoms in total. The predicted molar refractivity (Wildman–Crippen MR) is 63.7 cm³/mol. The van der Waals surface area contributed by atoms with Gasteiger partial charge in [-0.25, -0.2) is 8.78 Å². The van der Waals surface area contributed by atoms with E-state index in [0.717, 1.165) is 12.5 Å². The van der Waals surface area contributed by atoms with E-state index in [1.54, 1.807) is 0 Å². The Balaban J connectivity index is 2.80. The molecule has 1 aromatic rings. The number of hydrogen-bond acceptors (Lipinski definition) is 1. The maximum absolute atomic E-state index is 13.2. The summed E-state index contributed by atoms with van der Waals surface area (Å²) in [5, 5.41) is 0. The van der Waals surface area contributed by atoms with Crippen molar-refractivity contribution in [2.45, 2.75) is 25.3 Å². The number of rotatable bonds is 4. The molecule has 0 bridgehead atoms. The van der Waals surface area contributed by atoms with Gasteiger partial charge in [0, 0.05) is 12.5 Å². The monoisotopic (exact) mass is 287 g/mol. The largest absolute Gasteiger partial charge is 0.324 e. The van der Waals surface area contributed by atoms with Gasteiger partial charge in [-0.05, 0) is 40.4 Å². The number of hydrogen-bond donors (Lipinski definition) is 1. The Morgan fingerprint density at radius 3 is 2.75 bits per heavy atom. The molecule has 2 N–H and O–H groups in total. The Bertz CT molecular complexity index is 412. The van der Waals surface area contributed by atoms with Gasteiger partial charge in [0.25, 0.3) is 0 Å². The van der Waals surface area contributed by atoms with E-state index in [2.05, 4.69) is 21.9 Å². The topological polar surface area (TPSA) is 26.0 Å². The fraction of sp³-hybridized carbons (Fsp3) is 0.333. The van der Waals surface area contributed by atoms with E-state index in [9.17, 15) is 8.78 Å². The normalized spacial score (nSPS) is 12.2. The van der Waals surface area contributed by atoms with Crippen LogP contribution in [0.3, 0.4) is 0 Å². The van der Waals surface area contributed by atoms with Crippen molar-refractivity contribution >= 4 is 15.9 Å². The predicted octanol–water partition coefficient (Wildman–Crippen LogP) is 3.53. The molecule has 1 atom stereocenters. The summed E-state index contributed by atoms with van der Waals surface area (Å²) < 4.78 is 26.2. The highest BCUT2D eigenvalue weighted by Gasteiger charge is 2.15. The zero-order chi connectivity index (χ0) is 12.1. The van der Waals surface area contributed by atoms with E-state index in [0.29, 0.717) is 18.4 Å². The van der Waals surface area contributed by atoms with Gasteiger partial charge in [-0.15, -0.1) is 12.3 Å². The quantitative estimate of drug-likeness (QED) is 0.512. The highest BCUT2D eigenvalue weighted by Crippen LogP contribution is 2.28. The lowest BCUT2D eigenvalue weighted by molar-refractivity contribution is 0.498. The second-order valence-electron chi connectivity index (χ2n) is 3.47. The second-order valence-corrected chi connectivity index (χ2v) is 4.26. The number of unbranched alkanes of at least 4 members (excludes halogenated alkanes) is 1. The minimum Gasteiger partial charge on any atom is -0.324 e. The summed E-state index contributed by atoms with van der Waals surface area (Å²) in [4.78, 5) is 0. The van der Waals surface area contributed by atoms with Crippen LogP contribution in [0.1, 0.15) is 30.9 Å². The molecule has 1 unspecified atom stereocenters. The van der Waals surface area contributed by atoms with Crippen LogP contribution in [0.5, 0.6) is 0 Å². The highest BCUT2D eigenvalue weighted by atomic mass is 79.9. The first kappa shape index (κ1) is 13.1. The van der Waals surface area contributed by atoms with Crippen LogP contribution in [0.15, 0.2) is 16.6 Å². The summed E-state index contributed by atoms with van der Waals surface area (Å²) in [5.41, 5.74) is 6.43. The van der Waals surface area contributed by atoms with Gasteiger partial charge >= 0.3 is 0 Å². The minimum atomic E-state index is -0.898. The Hall–Kier alpha value is -0.920. The Labute approximate surface area is 102 Å². The van der Waals surface area contributed by atoms with Gasteiger partial charge in [0.05, 0.1) is 4.47 Å². The molecule has 0 fully saturated rings. The van der Waals surface area contributed by atoms with Crippen LogP contribution in [0.2, 0.25) is 0 Å². The summed E-state index contributed by atoms with van der Waals surface area (Å²) >= 11 is 3.01. The Kier molecular flexibility index (Phi) is 4.91. The van der Waals surface area contributed by atoms with E-state index in [1.165, 1.54) is 6.07 Å². The molecule has 86 valence electrons. The smallest absolute Gasteiger partial charge is 0.173 e. The van der Waals surface area contributed by atoms with Crippen LogP contribution in [-0.2, 0) is 0 Å². The van der Waals surface area contributed by atoms with Gasteiger partial charge in [0.2, 0.25) is 0 Å². The van der Waals surface area contributed by atoms with E-state index >= 15 is 0 Å². The molecule has 4 heteroatoms. The molecular weight excluding hydrogens is 276 g/mol. The highest BCUT2D eigenvalue weighted by molar-refractivity contribution is 9.10. The van der Waals surface area contributed by atoms with Gasteiger partial charge in [-0.3, -0.25) is 0 Å². The van der Waals surface area contributed by atoms with Crippen molar-refractivity contribution in [2.75, 3.05) is 0 Å². The molecule has 0 aliphatic heterocycles. The van der Waals surface area contributed by atoms with Gasteiger partial charge in [-0.1, -0.05) is 6.07 Å². The molecule has 0 aliphatic rings. The molecule has 16 heavy (non-hydrogen) atoms. The van der Waals surface area contributed by atoms with Crippen molar-refractivity contribution in [2.24, 2.45) is 5.73 Å². The molecule has 0 amide bonds. The average molecular weight is 288 g/mol. The lowest BCUT2D eigenvalue weighted by Crippen LogP contribution is -2.11. The first-order valence-electron chi connectivity index (χ1n) is 4.90. The molecule has 0 saturated carbocycles. The number of benzene rings is 1. The minimum absolute atomic E-state index is 0.0979. The standard InChI is InChI=1S/C12H12BrF2N/c1-2-3-4-5-10(16)8-6-7-9(14)12(15)11(8)13/h1,6-7,10H,3-5,16H2.